The van der Waals surface area contributed by atoms with E-state index < -0.39 is 0 Å². The van der Waals surface area contributed by atoms with Crippen molar-refractivity contribution in [1.82, 2.24) is 20.4 Å². The highest BCUT2D eigenvalue weighted by molar-refractivity contribution is 5.59. The molecule has 3 heterocycles. The monoisotopic (exact) mass is 483 g/mol. The fourth-order valence-electron chi connectivity index (χ4n) is 4.38. The Morgan fingerprint density at radius 1 is 0.889 bits per heavy atom. The van der Waals surface area contributed by atoms with E-state index in [4.69, 9.17) is 9.26 Å². The van der Waals surface area contributed by atoms with Crippen LogP contribution >= 0.6 is 0 Å². The van der Waals surface area contributed by atoms with Gasteiger partial charge < -0.3 is 19.5 Å². The molecule has 0 unspecified atom stereocenters. The molecule has 0 bridgehead atoms. The van der Waals surface area contributed by atoms with Crippen LogP contribution in [0.1, 0.15) is 17.7 Å². The summed E-state index contributed by atoms with van der Waals surface area (Å²) < 4.78 is 11.4. The third-order valence-electron chi connectivity index (χ3n) is 6.43. The van der Waals surface area contributed by atoms with Crippen LogP contribution in [0.3, 0.4) is 0 Å². The molecule has 2 aromatic heterocycles. The number of ether oxygens (including phenoxy) is 1. The van der Waals surface area contributed by atoms with E-state index in [0.717, 1.165) is 79.8 Å². The second-order valence-electron chi connectivity index (χ2n) is 9.02. The highest BCUT2D eigenvalue weighted by atomic mass is 16.5. The maximum absolute atomic E-state index is 5.87. The number of anilines is 1. The average molecular weight is 484 g/mol. The molecule has 7 nitrogen and oxygen atoms in total. The smallest absolute Gasteiger partial charge is 0.151 e. The molecule has 0 atom stereocenters. The van der Waals surface area contributed by atoms with Crippen molar-refractivity contribution in [2.75, 3.05) is 44.2 Å². The lowest BCUT2D eigenvalue weighted by molar-refractivity contribution is 0.252. The fourth-order valence-corrected chi connectivity index (χ4v) is 4.38. The SMILES string of the molecule is c1ccc(COc2ccc(-c3cc(CNCCCN4CCN(c5ccccn5)CC4)on3)cc2)cc1. The normalized spacial score (nSPS) is 14.2. The lowest BCUT2D eigenvalue weighted by atomic mass is 10.1. The van der Waals surface area contributed by atoms with Crippen molar-refractivity contribution < 1.29 is 9.26 Å². The first-order chi connectivity index (χ1) is 17.8. The third kappa shape index (κ3) is 6.71. The maximum atomic E-state index is 5.87. The lowest BCUT2D eigenvalue weighted by Gasteiger charge is -2.35. The largest absolute Gasteiger partial charge is 0.489 e. The molecular formula is C29H33N5O2. The number of pyridine rings is 1. The quantitative estimate of drug-likeness (QED) is 0.312. The van der Waals surface area contributed by atoms with E-state index in [2.05, 4.69) is 49.5 Å². The number of aromatic nitrogens is 2. The molecular weight excluding hydrogens is 450 g/mol. The van der Waals surface area contributed by atoms with Crippen LogP contribution in [0.4, 0.5) is 5.82 Å². The van der Waals surface area contributed by atoms with E-state index in [-0.39, 0.29) is 0 Å². The van der Waals surface area contributed by atoms with E-state index in [1.807, 2.05) is 60.8 Å². The van der Waals surface area contributed by atoms with Crippen LogP contribution in [0.15, 0.2) is 89.6 Å². The summed E-state index contributed by atoms with van der Waals surface area (Å²) in [7, 11) is 0. The van der Waals surface area contributed by atoms with Crippen molar-refractivity contribution in [2.24, 2.45) is 0 Å². The molecule has 1 aliphatic rings. The van der Waals surface area contributed by atoms with Gasteiger partial charge in [-0.2, -0.15) is 0 Å². The molecule has 36 heavy (non-hydrogen) atoms. The summed E-state index contributed by atoms with van der Waals surface area (Å²) >= 11 is 0. The summed E-state index contributed by atoms with van der Waals surface area (Å²) in [6.45, 7) is 7.51. The van der Waals surface area contributed by atoms with Crippen molar-refractivity contribution in [3.05, 3.63) is 96.4 Å². The molecule has 7 heteroatoms. The summed E-state index contributed by atoms with van der Waals surface area (Å²) in [6, 6.07) is 26.3. The molecule has 0 spiro atoms. The molecule has 4 aromatic rings. The number of nitrogens with one attached hydrogen (secondary N) is 1. The van der Waals surface area contributed by atoms with E-state index in [9.17, 15) is 0 Å². The lowest BCUT2D eigenvalue weighted by Crippen LogP contribution is -2.47. The molecule has 0 radical (unpaired) electrons. The standard InChI is InChI=1S/C29H33N5O2/c1-2-7-24(8-3-1)23-35-26-12-10-25(11-13-26)28-21-27(36-32-28)22-30-14-6-16-33-17-19-34(20-18-33)29-9-4-5-15-31-29/h1-5,7-13,15,21,30H,6,14,16-20,22-23H2. The molecule has 2 aromatic carbocycles. The first-order valence-electron chi connectivity index (χ1n) is 12.7. The van der Waals surface area contributed by atoms with Crippen molar-refractivity contribution >= 4 is 5.82 Å². The molecule has 5 rings (SSSR count). The van der Waals surface area contributed by atoms with Crippen molar-refractivity contribution in [1.29, 1.82) is 0 Å². The Kier molecular flexibility index (Phi) is 8.23. The Hall–Kier alpha value is -3.68. The van der Waals surface area contributed by atoms with E-state index in [1.54, 1.807) is 0 Å². The topological polar surface area (TPSA) is 66.7 Å². The van der Waals surface area contributed by atoms with Gasteiger partial charge in [0.2, 0.25) is 0 Å². The number of nitrogens with zero attached hydrogens (tertiary/aromatic N) is 4. The van der Waals surface area contributed by atoms with Crippen LogP contribution in [0, 0.1) is 0 Å². The minimum atomic E-state index is 0.557. The number of hydrogen-bond acceptors (Lipinski definition) is 7. The predicted molar refractivity (Wildman–Crippen MR) is 142 cm³/mol. The number of piperazine rings is 1. The second kappa shape index (κ2) is 12.3. The third-order valence-corrected chi connectivity index (χ3v) is 6.43. The molecule has 186 valence electrons. The van der Waals surface area contributed by atoms with Crippen LogP contribution in [-0.2, 0) is 13.2 Å². The highest BCUT2D eigenvalue weighted by Gasteiger charge is 2.17. The van der Waals surface area contributed by atoms with E-state index in [0.29, 0.717) is 13.2 Å². The number of hydrogen-bond donors (Lipinski definition) is 1. The van der Waals surface area contributed by atoms with Gasteiger partial charge in [-0.25, -0.2) is 4.98 Å². The number of benzene rings is 2. The Morgan fingerprint density at radius 2 is 1.69 bits per heavy atom. The van der Waals surface area contributed by atoms with E-state index >= 15 is 0 Å². The Bertz CT molecular complexity index is 1170. The molecule has 0 amide bonds. The summed E-state index contributed by atoms with van der Waals surface area (Å²) in [4.78, 5) is 9.35. The van der Waals surface area contributed by atoms with Crippen molar-refractivity contribution in [2.45, 2.75) is 19.6 Å². The van der Waals surface area contributed by atoms with Crippen LogP contribution in [0.25, 0.3) is 11.3 Å². The first kappa shape index (κ1) is 24.0. The van der Waals surface area contributed by atoms with Gasteiger partial charge in [-0.05, 0) is 61.5 Å². The molecule has 0 saturated carbocycles. The summed E-state index contributed by atoms with van der Waals surface area (Å²) in [5, 5.41) is 7.72. The molecule has 0 aliphatic carbocycles. The van der Waals surface area contributed by atoms with Gasteiger partial charge in [0, 0.05) is 44.0 Å². The van der Waals surface area contributed by atoms with Crippen molar-refractivity contribution in [3.63, 3.8) is 0 Å². The predicted octanol–water partition coefficient (Wildman–Crippen LogP) is 4.62. The summed E-state index contributed by atoms with van der Waals surface area (Å²) in [5.74, 6) is 2.77. The zero-order chi connectivity index (χ0) is 24.4. The zero-order valence-corrected chi connectivity index (χ0v) is 20.6. The first-order valence-corrected chi connectivity index (χ1v) is 12.7. The molecule has 1 fully saturated rings. The van der Waals surface area contributed by atoms with Gasteiger partial charge in [-0.3, -0.25) is 4.90 Å². The Labute approximate surface area is 212 Å². The minimum absolute atomic E-state index is 0.557. The van der Waals surface area contributed by atoms with Crippen LogP contribution in [0.5, 0.6) is 5.75 Å². The summed E-state index contributed by atoms with van der Waals surface area (Å²) in [6.07, 6.45) is 2.97. The molecule has 1 saturated heterocycles. The van der Waals surface area contributed by atoms with Crippen molar-refractivity contribution in [3.8, 4) is 17.0 Å². The number of rotatable bonds is 11. The van der Waals surface area contributed by atoms with Gasteiger partial charge in [0.1, 0.15) is 23.9 Å². The summed E-state index contributed by atoms with van der Waals surface area (Å²) in [5.41, 5.74) is 3.01. The van der Waals surface area contributed by atoms with Gasteiger partial charge in [0.25, 0.3) is 0 Å². The van der Waals surface area contributed by atoms with Crippen LogP contribution in [-0.4, -0.2) is 54.3 Å². The Morgan fingerprint density at radius 3 is 2.47 bits per heavy atom. The van der Waals surface area contributed by atoms with Gasteiger partial charge in [0.15, 0.2) is 5.76 Å². The molecule has 1 aliphatic heterocycles. The maximum Gasteiger partial charge on any atom is 0.151 e. The zero-order valence-electron chi connectivity index (χ0n) is 20.6. The van der Waals surface area contributed by atoms with Crippen LogP contribution < -0.4 is 15.0 Å². The molecule has 1 N–H and O–H groups in total. The minimum Gasteiger partial charge on any atom is -0.489 e. The van der Waals surface area contributed by atoms with Gasteiger partial charge in [0.05, 0.1) is 6.54 Å². The van der Waals surface area contributed by atoms with Gasteiger partial charge in [-0.1, -0.05) is 41.6 Å². The van der Waals surface area contributed by atoms with Gasteiger partial charge in [-0.15, -0.1) is 0 Å². The highest BCUT2D eigenvalue weighted by Crippen LogP contribution is 2.23. The average Bonchev–Trinajstić information content (AvgIpc) is 3.42. The second-order valence-corrected chi connectivity index (χ2v) is 9.02. The van der Waals surface area contributed by atoms with Crippen LogP contribution in [0.2, 0.25) is 0 Å². The van der Waals surface area contributed by atoms with Gasteiger partial charge >= 0.3 is 0 Å². The van der Waals surface area contributed by atoms with E-state index in [1.165, 1.54) is 0 Å². The Balaban J connectivity index is 0.990. The fraction of sp³-hybridized carbons (Fsp3) is 0.310.